The number of fused-ring (bicyclic) bond motifs is 1. The van der Waals surface area contributed by atoms with Gasteiger partial charge in [-0.2, -0.15) is 26.3 Å². The Morgan fingerprint density at radius 2 is 1.74 bits per heavy atom. The van der Waals surface area contributed by atoms with Crippen LogP contribution in [0.2, 0.25) is 0 Å². The number of nitrogens with zero attached hydrogens (tertiary/aromatic N) is 2. The number of pyridine rings is 1. The van der Waals surface area contributed by atoms with Gasteiger partial charge in [-0.15, -0.1) is 11.3 Å². The average molecular weight is 586 g/mol. The Morgan fingerprint density at radius 1 is 1.13 bits per heavy atom. The third-order valence-electron chi connectivity index (χ3n) is 5.78. The lowest BCUT2D eigenvalue weighted by molar-refractivity contribution is -0.193. The number of hydrogen-bond acceptors (Lipinski definition) is 7. The third kappa shape index (κ3) is 9.78. The van der Waals surface area contributed by atoms with Crippen molar-refractivity contribution in [3.8, 4) is 0 Å². The first kappa shape index (κ1) is 32.0. The Balaban J connectivity index is 0.000000317. The Labute approximate surface area is 222 Å². The molecule has 3 N–H and O–H groups in total. The van der Waals surface area contributed by atoms with Crippen molar-refractivity contribution >= 4 is 29.2 Å². The van der Waals surface area contributed by atoms with Crippen molar-refractivity contribution in [1.82, 2.24) is 15.2 Å². The van der Waals surface area contributed by atoms with Crippen LogP contribution in [0.3, 0.4) is 0 Å². The molecule has 2 saturated heterocycles. The molecule has 2 aliphatic heterocycles. The fourth-order valence-corrected chi connectivity index (χ4v) is 4.89. The van der Waals surface area contributed by atoms with E-state index in [0.29, 0.717) is 18.0 Å². The lowest BCUT2D eigenvalue weighted by atomic mass is 9.81. The quantitative estimate of drug-likeness (QED) is 0.455. The molecule has 4 heterocycles. The van der Waals surface area contributed by atoms with Crippen LogP contribution >= 0.6 is 11.3 Å². The van der Waals surface area contributed by atoms with E-state index in [1.807, 2.05) is 11.3 Å². The first-order valence-electron chi connectivity index (χ1n) is 11.2. The summed E-state index contributed by atoms with van der Waals surface area (Å²) in [7, 11) is 0. The van der Waals surface area contributed by atoms with Crippen molar-refractivity contribution in [2.24, 2.45) is 11.3 Å². The monoisotopic (exact) mass is 585 g/mol. The predicted molar refractivity (Wildman–Crippen MR) is 125 cm³/mol. The number of hydrogen-bond donors (Lipinski definition) is 3. The summed E-state index contributed by atoms with van der Waals surface area (Å²) in [6.07, 6.45) is -6.88. The number of aromatic nitrogens is 1. The van der Waals surface area contributed by atoms with Crippen molar-refractivity contribution in [1.29, 1.82) is 0 Å². The molecular weight excluding hydrogens is 560 g/mol. The average Bonchev–Trinajstić information content (AvgIpc) is 3.52. The van der Waals surface area contributed by atoms with Gasteiger partial charge in [0.05, 0.1) is 18.8 Å². The lowest BCUT2D eigenvalue weighted by Crippen LogP contribution is -2.43. The molecule has 4 rings (SSSR count). The van der Waals surface area contributed by atoms with Gasteiger partial charge in [0.1, 0.15) is 0 Å². The maximum Gasteiger partial charge on any atom is 0.490 e. The van der Waals surface area contributed by atoms with Crippen molar-refractivity contribution in [3.05, 3.63) is 52.0 Å². The Bertz CT molecular complexity index is 1100. The molecule has 0 aromatic carbocycles. The number of rotatable bonds is 5. The molecule has 2 aromatic heterocycles. The molecule has 16 heteroatoms. The fourth-order valence-electron chi connectivity index (χ4n) is 3.96. The molecule has 0 saturated carbocycles. The van der Waals surface area contributed by atoms with Crippen LogP contribution in [0.4, 0.5) is 26.3 Å². The smallest absolute Gasteiger partial charge is 0.475 e. The molecule has 216 valence electrons. The molecular formula is C23H25F6N3O6S. The van der Waals surface area contributed by atoms with E-state index < -0.39 is 24.3 Å². The number of halogens is 6. The molecule has 0 unspecified atom stereocenters. The lowest BCUT2D eigenvalue weighted by Gasteiger charge is -2.27. The number of carbonyl (C=O) groups excluding carboxylic acids is 1. The van der Waals surface area contributed by atoms with Gasteiger partial charge in [0.2, 0.25) is 0 Å². The zero-order valence-electron chi connectivity index (χ0n) is 20.4. The largest absolute Gasteiger partial charge is 0.490 e. The van der Waals surface area contributed by atoms with Crippen LogP contribution < -0.4 is 5.32 Å². The van der Waals surface area contributed by atoms with Crippen molar-refractivity contribution in [2.75, 3.05) is 32.8 Å². The van der Waals surface area contributed by atoms with E-state index in [1.54, 1.807) is 24.5 Å². The number of carboxylic acids is 2. The number of aryl methyl sites for hydroxylation is 1. The zero-order valence-corrected chi connectivity index (χ0v) is 21.2. The molecule has 0 aliphatic carbocycles. The summed E-state index contributed by atoms with van der Waals surface area (Å²) >= 11 is 1.87. The normalized spacial score (nSPS) is 20.6. The van der Waals surface area contributed by atoms with Crippen molar-refractivity contribution < 1.29 is 55.7 Å². The van der Waals surface area contributed by atoms with Gasteiger partial charge < -0.3 is 20.3 Å². The molecule has 0 spiro atoms. The summed E-state index contributed by atoms with van der Waals surface area (Å²) in [4.78, 5) is 39.4. The predicted octanol–water partition coefficient (Wildman–Crippen LogP) is 3.60. The van der Waals surface area contributed by atoms with Gasteiger partial charge in [-0.25, -0.2) is 9.59 Å². The molecule has 9 nitrogen and oxygen atoms in total. The molecule has 0 bridgehead atoms. The summed E-state index contributed by atoms with van der Waals surface area (Å²) in [5.74, 6) is -5.08. The number of carbonyl (C=O) groups is 3. The second kappa shape index (κ2) is 13.2. The highest BCUT2D eigenvalue weighted by Gasteiger charge is 2.50. The number of amides is 1. The highest BCUT2D eigenvalue weighted by molar-refractivity contribution is 7.11. The van der Waals surface area contributed by atoms with E-state index in [1.165, 1.54) is 9.75 Å². The van der Waals surface area contributed by atoms with Crippen LogP contribution in [0.5, 0.6) is 0 Å². The standard InChI is InChI=1S/C19H23N3O2S.2C2HF3O2/c1-14-4-5-17(25-14)9-22-8-16-10-24-13-19(16,12-22)11-21-18(23)15-3-2-6-20-7-15;2*3-2(4,5)1(6)7/h2-7,16H,8-13H2,1H3,(H,21,23);2*(H,6,7)/t16-,19+;;/m1../s1. The number of carboxylic acid groups (broad SMARTS) is 2. The number of nitrogens with one attached hydrogen (secondary N) is 1. The second-order valence-electron chi connectivity index (χ2n) is 8.79. The minimum atomic E-state index is -5.08. The van der Waals surface area contributed by atoms with E-state index in [2.05, 4.69) is 34.3 Å². The van der Waals surface area contributed by atoms with E-state index in [9.17, 15) is 31.1 Å². The number of thiophene rings is 1. The molecule has 2 fully saturated rings. The van der Waals surface area contributed by atoms with Crippen LogP contribution in [0.15, 0.2) is 36.7 Å². The number of aliphatic carboxylic acids is 2. The van der Waals surface area contributed by atoms with Gasteiger partial charge in [0, 0.05) is 59.7 Å². The molecule has 1 amide bonds. The number of alkyl halides is 6. The fraction of sp³-hybridized carbons (Fsp3) is 0.478. The molecule has 0 radical (unpaired) electrons. The van der Waals surface area contributed by atoms with Crippen molar-refractivity contribution in [3.63, 3.8) is 0 Å². The molecule has 39 heavy (non-hydrogen) atoms. The van der Waals surface area contributed by atoms with Gasteiger partial charge in [0.25, 0.3) is 5.91 Å². The van der Waals surface area contributed by atoms with Crippen LogP contribution in [0.1, 0.15) is 20.1 Å². The van der Waals surface area contributed by atoms with Gasteiger partial charge in [0.15, 0.2) is 0 Å². The third-order valence-corrected chi connectivity index (χ3v) is 6.76. The Morgan fingerprint density at radius 3 is 2.23 bits per heavy atom. The highest BCUT2D eigenvalue weighted by atomic mass is 32.1. The van der Waals surface area contributed by atoms with E-state index in [-0.39, 0.29) is 11.3 Å². The van der Waals surface area contributed by atoms with E-state index in [0.717, 1.165) is 32.8 Å². The topological polar surface area (TPSA) is 129 Å². The summed E-state index contributed by atoms with van der Waals surface area (Å²) < 4.78 is 69.2. The van der Waals surface area contributed by atoms with Gasteiger partial charge in [-0.3, -0.25) is 14.7 Å². The van der Waals surface area contributed by atoms with Crippen LogP contribution in [0.25, 0.3) is 0 Å². The van der Waals surface area contributed by atoms with Gasteiger partial charge >= 0.3 is 24.3 Å². The Kier molecular flexibility index (Phi) is 10.8. The molecule has 2 atom stereocenters. The molecule has 2 aromatic rings. The van der Waals surface area contributed by atoms with E-state index in [4.69, 9.17) is 24.5 Å². The summed E-state index contributed by atoms with van der Waals surface area (Å²) in [6, 6.07) is 7.99. The zero-order chi connectivity index (χ0) is 29.4. The Hall–Kier alpha value is -3.24. The summed E-state index contributed by atoms with van der Waals surface area (Å²) in [5, 5.41) is 17.4. The number of likely N-dealkylation sites (tertiary alicyclic amines) is 1. The van der Waals surface area contributed by atoms with Crippen LogP contribution in [-0.4, -0.2) is 83.1 Å². The van der Waals surface area contributed by atoms with Crippen LogP contribution in [0, 0.1) is 18.3 Å². The molecule has 2 aliphatic rings. The second-order valence-corrected chi connectivity index (χ2v) is 10.2. The minimum Gasteiger partial charge on any atom is -0.475 e. The van der Waals surface area contributed by atoms with E-state index >= 15 is 0 Å². The van der Waals surface area contributed by atoms with Gasteiger partial charge in [-0.05, 0) is 31.2 Å². The number of ether oxygens (including phenoxy) is 1. The maximum atomic E-state index is 12.4. The maximum absolute atomic E-state index is 12.4. The SMILES string of the molecule is Cc1ccc(CN2C[C@@H]3COC[C@]3(CNC(=O)c3cccnc3)C2)s1.O=C(O)C(F)(F)F.O=C(O)C(F)(F)F. The minimum absolute atomic E-state index is 0.0319. The first-order chi connectivity index (χ1) is 18.0. The van der Waals surface area contributed by atoms with Crippen LogP contribution in [-0.2, 0) is 20.9 Å². The van der Waals surface area contributed by atoms with Crippen molar-refractivity contribution in [2.45, 2.75) is 25.8 Å². The first-order valence-corrected chi connectivity index (χ1v) is 12.0. The summed E-state index contributed by atoms with van der Waals surface area (Å²) in [5.41, 5.74) is 0.641. The summed E-state index contributed by atoms with van der Waals surface area (Å²) in [6.45, 7) is 7.34. The van der Waals surface area contributed by atoms with Gasteiger partial charge in [-0.1, -0.05) is 0 Å². The highest BCUT2D eigenvalue weighted by Crippen LogP contribution is 2.41.